The molecule has 0 aliphatic rings. The van der Waals surface area contributed by atoms with Crippen LogP contribution in [0, 0.1) is 6.92 Å². The summed E-state index contributed by atoms with van der Waals surface area (Å²) in [6.45, 7) is 2.19. The van der Waals surface area contributed by atoms with Gasteiger partial charge >= 0.3 is 0 Å². The summed E-state index contributed by atoms with van der Waals surface area (Å²) in [6.07, 6.45) is 0.758. The number of nitrogens with zero attached hydrogens (tertiary/aromatic N) is 2. The lowest BCUT2D eigenvalue weighted by molar-refractivity contribution is 0.155. The molecule has 0 saturated carbocycles. The second kappa shape index (κ2) is 5.50. The number of aliphatic hydroxyl groups is 1. The zero-order chi connectivity index (χ0) is 14.8. The summed E-state index contributed by atoms with van der Waals surface area (Å²) in [5.41, 5.74) is 2.46. The quantitative estimate of drug-likeness (QED) is 0.801. The number of para-hydroxylation sites is 1. The molecule has 0 spiro atoms. The van der Waals surface area contributed by atoms with Crippen LogP contribution in [-0.4, -0.2) is 14.7 Å². The summed E-state index contributed by atoms with van der Waals surface area (Å²) in [6, 6.07) is 14.8. The summed E-state index contributed by atoms with van der Waals surface area (Å²) in [5, 5.41) is 10.8. The first-order valence-electron chi connectivity index (χ1n) is 6.84. The van der Waals surface area contributed by atoms with E-state index in [9.17, 15) is 9.90 Å². The monoisotopic (exact) mass is 280 g/mol. The average Bonchev–Trinajstić information content (AvgIpc) is 2.51. The van der Waals surface area contributed by atoms with Crippen LogP contribution in [0.25, 0.3) is 10.9 Å². The summed E-state index contributed by atoms with van der Waals surface area (Å²) < 4.78 is 1.45. The van der Waals surface area contributed by atoms with Crippen molar-refractivity contribution in [3.8, 4) is 0 Å². The Balaban J connectivity index is 1.93. The lowest BCUT2D eigenvalue weighted by Gasteiger charge is -2.13. The van der Waals surface area contributed by atoms with Gasteiger partial charge in [-0.3, -0.25) is 9.36 Å². The molecular formula is C17H16N2O2. The molecule has 3 rings (SSSR count). The minimum Gasteiger partial charge on any atom is -0.387 e. The molecule has 0 amide bonds. The van der Waals surface area contributed by atoms with Crippen LogP contribution in [0.15, 0.2) is 59.7 Å². The van der Waals surface area contributed by atoms with Crippen molar-refractivity contribution in [3.05, 3.63) is 76.3 Å². The Kier molecular flexibility index (Phi) is 3.54. The van der Waals surface area contributed by atoms with E-state index in [1.54, 1.807) is 12.1 Å². The van der Waals surface area contributed by atoms with Gasteiger partial charge in [0.15, 0.2) is 0 Å². The Morgan fingerprint density at radius 1 is 1.14 bits per heavy atom. The summed E-state index contributed by atoms with van der Waals surface area (Å²) in [7, 11) is 0. The molecule has 4 nitrogen and oxygen atoms in total. The molecule has 0 saturated heterocycles. The molecule has 0 bridgehead atoms. The molecule has 1 unspecified atom stereocenters. The minimum absolute atomic E-state index is 0.133. The van der Waals surface area contributed by atoms with E-state index in [2.05, 4.69) is 4.98 Å². The Labute approximate surface area is 122 Å². The minimum atomic E-state index is -0.730. The van der Waals surface area contributed by atoms with Gasteiger partial charge in [-0.05, 0) is 24.6 Å². The molecule has 0 aliphatic carbocycles. The molecule has 1 aromatic heterocycles. The van der Waals surface area contributed by atoms with E-state index in [-0.39, 0.29) is 12.1 Å². The van der Waals surface area contributed by atoms with Gasteiger partial charge in [0.05, 0.1) is 29.9 Å². The molecule has 21 heavy (non-hydrogen) atoms. The van der Waals surface area contributed by atoms with Crippen LogP contribution in [-0.2, 0) is 6.54 Å². The van der Waals surface area contributed by atoms with Crippen molar-refractivity contribution in [2.45, 2.75) is 19.6 Å². The third-order valence-corrected chi connectivity index (χ3v) is 3.56. The number of hydrogen-bond acceptors (Lipinski definition) is 3. The highest BCUT2D eigenvalue weighted by Crippen LogP contribution is 2.15. The number of aromatic nitrogens is 2. The molecule has 0 fully saturated rings. The van der Waals surface area contributed by atoms with Crippen molar-refractivity contribution in [1.82, 2.24) is 9.55 Å². The second-order valence-corrected chi connectivity index (χ2v) is 5.15. The predicted octanol–water partition coefficient (Wildman–Crippen LogP) is 2.44. The van der Waals surface area contributed by atoms with Crippen molar-refractivity contribution < 1.29 is 5.11 Å². The summed E-state index contributed by atoms with van der Waals surface area (Å²) in [4.78, 5) is 16.6. The van der Waals surface area contributed by atoms with Gasteiger partial charge in [0.1, 0.15) is 0 Å². The van der Waals surface area contributed by atoms with Crippen molar-refractivity contribution >= 4 is 10.9 Å². The molecule has 3 aromatic rings. The Morgan fingerprint density at radius 3 is 2.62 bits per heavy atom. The zero-order valence-corrected chi connectivity index (χ0v) is 11.7. The van der Waals surface area contributed by atoms with Gasteiger partial charge < -0.3 is 5.11 Å². The fourth-order valence-electron chi connectivity index (χ4n) is 2.32. The maximum atomic E-state index is 12.4. The van der Waals surface area contributed by atoms with Crippen LogP contribution in [0.2, 0.25) is 0 Å². The van der Waals surface area contributed by atoms with Crippen molar-refractivity contribution in [1.29, 1.82) is 0 Å². The summed E-state index contributed by atoms with van der Waals surface area (Å²) in [5.74, 6) is 0. The first-order valence-corrected chi connectivity index (χ1v) is 6.84. The third-order valence-electron chi connectivity index (χ3n) is 3.56. The van der Waals surface area contributed by atoms with E-state index >= 15 is 0 Å². The van der Waals surface area contributed by atoms with Crippen molar-refractivity contribution in [2.24, 2.45) is 0 Å². The summed E-state index contributed by atoms with van der Waals surface area (Å²) >= 11 is 0. The molecule has 1 heterocycles. The largest absolute Gasteiger partial charge is 0.387 e. The number of hydrogen-bond donors (Lipinski definition) is 1. The van der Waals surface area contributed by atoms with Crippen LogP contribution < -0.4 is 5.56 Å². The van der Waals surface area contributed by atoms with E-state index < -0.39 is 6.10 Å². The van der Waals surface area contributed by atoms with Gasteiger partial charge in [-0.15, -0.1) is 0 Å². The van der Waals surface area contributed by atoms with Gasteiger partial charge in [0, 0.05) is 0 Å². The van der Waals surface area contributed by atoms with Crippen LogP contribution in [0.5, 0.6) is 0 Å². The van der Waals surface area contributed by atoms with Crippen LogP contribution in [0.3, 0.4) is 0 Å². The lowest BCUT2D eigenvalue weighted by atomic mass is 10.1. The van der Waals surface area contributed by atoms with Crippen molar-refractivity contribution in [3.63, 3.8) is 0 Å². The first-order chi connectivity index (χ1) is 10.1. The van der Waals surface area contributed by atoms with E-state index in [0.717, 1.165) is 11.1 Å². The fraction of sp³-hybridized carbons (Fsp3) is 0.176. The highest BCUT2D eigenvalue weighted by atomic mass is 16.3. The number of benzene rings is 2. The van der Waals surface area contributed by atoms with E-state index in [4.69, 9.17) is 0 Å². The Morgan fingerprint density at radius 2 is 1.86 bits per heavy atom. The van der Waals surface area contributed by atoms with Crippen LogP contribution >= 0.6 is 0 Å². The smallest absolute Gasteiger partial charge is 0.261 e. The molecule has 2 aromatic carbocycles. The fourth-order valence-corrected chi connectivity index (χ4v) is 2.32. The first kappa shape index (κ1) is 13.5. The normalized spacial score (nSPS) is 12.5. The predicted molar refractivity (Wildman–Crippen MR) is 82.1 cm³/mol. The molecule has 0 aliphatic heterocycles. The van der Waals surface area contributed by atoms with Gasteiger partial charge in [-0.2, -0.15) is 0 Å². The van der Waals surface area contributed by atoms with Crippen LogP contribution in [0.4, 0.5) is 0 Å². The van der Waals surface area contributed by atoms with Gasteiger partial charge in [-0.25, -0.2) is 4.98 Å². The highest BCUT2D eigenvalue weighted by Gasteiger charge is 2.10. The van der Waals surface area contributed by atoms with E-state index in [1.807, 2.05) is 43.3 Å². The lowest BCUT2D eigenvalue weighted by Crippen LogP contribution is -2.23. The molecule has 106 valence electrons. The molecule has 1 N–H and O–H groups in total. The number of aliphatic hydroxyl groups excluding tert-OH is 1. The average molecular weight is 280 g/mol. The van der Waals surface area contributed by atoms with Gasteiger partial charge in [0.25, 0.3) is 5.56 Å². The Hall–Kier alpha value is -2.46. The second-order valence-electron chi connectivity index (χ2n) is 5.15. The van der Waals surface area contributed by atoms with Gasteiger partial charge in [-0.1, -0.05) is 42.0 Å². The maximum Gasteiger partial charge on any atom is 0.261 e. The zero-order valence-electron chi connectivity index (χ0n) is 11.7. The number of aryl methyl sites for hydroxylation is 1. The molecule has 0 radical (unpaired) electrons. The molecular weight excluding hydrogens is 264 g/mol. The maximum absolute atomic E-state index is 12.4. The Bertz CT molecular complexity index is 822. The van der Waals surface area contributed by atoms with E-state index in [0.29, 0.717) is 10.9 Å². The highest BCUT2D eigenvalue weighted by molar-refractivity contribution is 5.76. The third kappa shape index (κ3) is 2.71. The van der Waals surface area contributed by atoms with E-state index in [1.165, 1.54) is 10.9 Å². The number of rotatable bonds is 3. The topological polar surface area (TPSA) is 55.1 Å². The molecule has 1 atom stereocenters. The molecule has 4 heteroatoms. The SMILES string of the molecule is Cc1ccc(C(O)Cn2cnc3ccccc3c2=O)cc1. The van der Waals surface area contributed by atoms with Crippen LogP contribution in [0.1, 0.15) is 17.2 Å². The standard InChI is InChI=1S/C17H16N2O2/c1-12-6-8-13(9-7-12)16(20)10-19-11-18-15-5-3-2-4-14(15)17(19)21/h2-9,11,16,20H,10H2,1H3. The van der Waals surface area contributed by atoms with Gasteiger partial charge in [0.2, 0.25) is 0 Å². The van der Waals surface area contributed by atoms with Crippen molar-refractivity contribution in [2.75, 3.05) is 0 Å². The number of fused-ring (bicyclic) bond motifs is 1.